The van der Waals surface area contributed by atoms with Crippen molar-refractivity contribution >= 4 is 0 Å². The molecule has 2 aromatic carbocycles. The molecule has 2 N–H and O–H groups in total. The third-order valence-corrected chi connectivity index (χ3v) is 3.33. The number of ether oxygens (including phenoxy) is 3. The molecule has 104 valence electrons. The molecule has 0 aliphatic carbocycles. The van der Waals surface area contributed by atoms with E-state index in [1.54, 1.807) is 0 Å². The Balaban J connectivity index is 1.74. The summed E-state index contributed by atoms with van der Waals surface area (Å²) in [5.41, 5.74) is 7.10. The minimum atomic E-state index is 0.0783. The Labute approximate surface area is 118 Å². The van der Waals surface area contributed by atoms with Gasteiger partial charge in [0, 0.05) is 12.1 Å². The highest BCUT2D eigenvalue weighted by atomic mass is 16.7. The Morgan fingerprint density at radius 1 is 1.05 bits per heavy atom. The van der Waals surface area contributed by atoms with E-state index >= 15 is 0 Å². The molecule has 1 aliphatic rings. The fourth-order valence-corrected chi connectivity index (χ4v) is 2.10. The molecule has 0 saturated heterocycles. The molecule has 0 radical (unpaired) electrons. The van der Waals surface area contributed by atoms with Crippen molar-refractivity contribution in [3.05, 3.63) is 48.0 Å². The van der Waals surface area contributed by atoms with Crippen molar-refractivity contribution in [2.24, 2.45) is 5.73 Å². The molecular weight excluding hydrogens is 254 g/mol. The predicted molar refractivity (Wildman–Crippen MR) is 76.3 cm³/mol. The van der Waals surface area contributed by atoms with E-state index in [0.717, 1.165) is 29.2 Å². The van der Waals surface area contributed by atoms with Crippen molar-refractivity contribution in [1.29, 1.82) is 0 Å². The van der Waals surface area contributed by atoms with E-state index in [0.29, 0.717) is 5.75 Å². The average Bonchev–Trinajstić information content (AvgIpc) is 2.95. The summed E-state index contributed by atoms with van der Waals surface area (Å²) in [6.45, 7) is 2.34. The van der Waals surface area contributed by atoms with Gasteiger partial charge < -0.3 is 19.9 Å². The number of hydrogen-bond acceptors (Lipinski definition) is 4. The topological polar surface area (TPSA) is 53.7 Å². The van der Waals surface area contributed by atoms with E-state index < -0.39 is 0 Å². The first kappa shape index (κ1) is 12.8. The third kappa shape index (κ3) is 2.56. The van der Waals surface area contributed by atoms with Crippen molar-refractivity contribution in [2.45, 2.75) is 19.4 Å². The summed E-state index contributed by atoms with van der Waals surface area (Å²) in [7, 11) is 0. The molecule has 0 spiro atoms. The SMILES string of the molecule is CC[C@@H](N)c1ccc(Oc2ccc3c(c2)OCO3)cc1. The van der Waals surface area contributed by atoms with Gasteiger partial charge in [0.25, 0.3) is 0 Å². The molecule has 1 heterocycles. The van der Waals surface area contributed by atoms with Gasteiger partial charge in [-0.2, -0.15) is 0 Å². The van der Waals surface area contributed by atoms with Gasteiger partial charge in [0.2, 0.25) is 6.79 Å². The summed E-state index contributed by atoms with van der Waals surface area (Å²) in [5.74, 6) is 2.96. The second kappa shape index (κ2) is 5.43. The molecule has 0 aromatic heterocycles. The summed E-state index contributed by atoms with van der Waals surface area (Å²) in [5, 5.41) is 0. The van der Waals surface area contributed by atoms with Crippen LogP contribution in [0.4, 0.5) is 0 Å². The highest BCUT2D eigenvalue weighted by molar-refractivity contribution is 5.48. The molecule has 4 heteroatoms. The lowest BCUT2D eigenvalue weighted by Gasteiger charge is -2.11. The minimum absolute atomic E-state index is 0.0783. The molecule has 20 heavy (non-hydrogen) atoms. The van der Waals surface area contributed by atoms with Gasteiger partial charge in [0.05, 0.1) is 0 Å². The van der Waals surface area contributed by atoms with E-state index in [4.69, 9.17) is 19.9 Å². The zero-order valence-corrected chi connectivity index (χ0v) is 11.3. The van der Waals surface area contributed by atoms with Gasteiger partial charge in [-0.3, -0.25) is 0 Å². The Kier molecular flexibility index (Phi) is 3.48. The largest absolute Gasteiger partial charge is 0.457 e. The van der Waals surface area contributed by atoms with Gasteiger partial charge in [-0.15, -0.1) is 0 Å². The number of hydrogen-bond donors (Lipinski definition) is 1. The van der Waals surface area contributed by atoms with Crippen molar-refractivity contribution in [3.63, 3.8) is 0 Å². The summed E-state index contributed by atoms with van der Waals surface area (Å²) >= 11 is 0. The minimum Gasteiger partial charge on any atom is -0.457 e. The smallest absolute Gasteiger partial charge is 0.231 e. The first-order chi connectivity index (χ1) is 9.76. The highest BCUT2D eigenvalue weighted by Gasteiger charge is 2.14. The fourth-order valence-electron chi connectivity index (χ4n) is 2.10. The van der Waals surface area contributed by atoms with Crippen LogP contribution in [0.3, 0.4) is 0 Å². The molecule has 1 atom stereocenters. The zero-order chi connectivity index (χ0) is 13.9. The lowest BCUT2D eigenvalue weighted by Crippen LogP contribution is -2.07. The zero-order valence-electron chi connectivity index (χ0n) is 11.3. The van der Waals surface area contributed by atoms with Crippen LogP contribution in [0.2, 0.25) is 0 Å². The van der Waals surface area contributed by atoms with Gasteiger partial charge in [-0.1, -0.05) is 19.1 Å². The molecule has 0 fully saturated rings. The molecule has 4 nitrogen and oxygen atoms in total. The van der Waals surface area contributed by atoms with Crippen LogP contribution in [-0.4, -0.2) is 6.79 Å². The van der Waals surface area contributed by atoms with E-state index in [9.17, 15) is 0 Å². The van der Waals surface area contributed by atoms with Gasteiger partial charge in [0.1, 0.15) is 11.5 Å². The Morgan fingerprint density at radius 2 is 1.75 bits per heavy atom. The molecule has 1 aliphatic heterocycles. The second-order valence-electron chi connectivity index (χ2n) is 4.70. The predicted octanol–water partition coefficient (Wildman–Crippen LogP) is 3.62. The van der Waals surface area contributed by atoms with Crippen molar-refractivity contribution in [1.82, 2.24) is 0 Å². The normalized spacial score (nSPS) is 14.1. The van der Waals surface area contributed by atoms with Crippen molar-refractivity contribution in [2.75, 3.05) is 6.79 Å². The first-order valence-electron chi connectivity index (χ1n) is 6.69. The second-order valence-corrected chi connectivity index (χ2v) is 4.70. The van der Waals surface area contributed by atoms with Gasteiger partial charge in [0.15, 0.2) is 11.5 Å². The Bertz CT molecular complexity index is 595. The van der Waals surface area contributed by atoms with Gasteiger partial charge in [-0.05, 0) is 36.2 Å². The standard InChI is InChI=1S/C16H17NO3/c1-2-14(17)11-3-5-12(6-4-11)20-13-7-8-15-16(9-13)19-10-18-15/h3-9,14H,2,10,17H2,1H3/t14-/m1/s1. The number of benzene rings is 2. The quantitative estimate of drug-likeness (QED) is 0.922. The van der Waals surface area contributed by atoms with Crippen LogP contribution >= 0.6 is 0 Å². The molecule has 0 amide bonds. The van der Waals surface area contributed by atoms with Crippen LogP contribution in [0.15, 0.2) is 42.5 Å². The molecular formula is C16H17NO3. The maximum absolute atomic E-state index is 5.99. The summed E-state index contributed by atoms with van der Waals surface area (Å²) in [6, 6.07) is 13.5. The summed E-state index contributed by atoms with van der Waals surface area (Å²) in [4.78, 5) is 0. The number of nitrogens with two attached hydrogens (primary N) is 1. The molecule has 0 unspecified atom stereocenters. The van der Waals surface area contributed by atoms with Crippen LogP contribution in [0.1, 0.15) is 24.9 Å². The maximum Gasteiger partial charge on any atom is 0.231 e. The van der Waals surface area contributed by atoms with Gasteiger partial charge in [-0.25, -0.2) is 0 Å². The van der Waals surface area contributed by atoms with Crippen LogP contribution in [0, 0.1) is 0 Å². The van der Waals surface area contributed by atoms with Crippen LogP contribution < -0.4 is 19.9 Å². The van der Waals surface area contributed by atoms with E-state index in [1.165, 1.54) is 0 Å². The molecule has 0 saturated carbocycles. The summed E-state index contributed by atoms with van der Waals surface area (Å²) in [6.07, 6.45) is 0.919. The summed E-state index contributed by atoms with van der Waals surface area (Å²) < 4.78 is 16.4. The average molecular weight is 271 g/mol. The molecule has 3 rings (SSSR count). The third-order valence-electron chi connectivity index (χ3n) is 3.33. The maximum atomic E-state index is 5.99. The highest BCUT2D eigenvalue weighted by Crippen LogP contribution is 2.36. The van der Waals surface area contributed by atoms with Gasteiger partial charge >= 0.3 is 0 Å². The van der Waals surface area contributed by atoms with Crippen molar-refractivity contribution in [3.8, 4) is 23.0 Å². The molecule has 0 bridgehead atoms. The number of rotatable bonds is 4. The molecule has 2 aromatic rings. The first-order valence-corrected chi connectivity index (χ1v) is 6.69. The Hall–Kier alpha value is -2.20. The van der Waals surface area contributed by atoms with E-state index in [-0.39, 0.29) is 12.8 Å². The van der Waals surface area contributed by atoms with Crippen molar-refractivity contribution < 1.29 is 14.2 Å². The van der Waals surface area contributed by atoms with Crippen LogP contribution in [0.5, 0.6) is 23.0 Å². The van der Waals surface area contributed by atoms with E-state index in [2.05, 4.69) is 6.92 Å². The van der Waals surface area contributed by atoms with Crippen LogP contribution in [-0.2, 0) is 0 Å². The lowest BCUT2D eigenvalue weighted by molar-refractivity contribution is 0.174. The Morgan fingerprint density at radius 3 is 2.50 bits per heavy atom. The van der Waals surface area contributed by atoms with E-state index in [1.807, 2.05) is 42.5 Å². The lowest BCUT2D eigenvalue weighted by atomic mass is 10.1. The van der Waals surface area contributed by atoms with Crippen LogP contribution in [0.25, 0.3) is 0 Å². The monoisotopic (exact) mass is 271 g/mol. The number of fused-ring (bicyclic) bond motifs is 1. The fraction of sp³-hybridized carbons (Fsp3) is 0.250.